The molecule has 82 valence electrons. The molecule has 0 spiro atoms. The molecule has 4 nitrogen and oxygen atoms in total. The van der Waals surface area contributed by atoms with Gasteiger partial charge in [-0.25, -0.2) is 0 Å². The average molecular weight is 200 g/mol. The fraction of sp³-hybridized carbons (Fsp3) is 0.900. The summed E-state index contributed by atoms with van der Waals surface area (Å²) >= 11 is 0. The van der Waals surface area contributed by atoms with Crippen LogP contribution in [0.1, 0.15) is 26.2 Å². The van der Waals surface area contributed by atoms with Gasteiger partial charge in [0.05, 0.1) is 0 Å². The standard InChI is InChI=1S/C10H20N2O2/c1-2-14-8-10(13)12-7-3-6-11-9-4-5-9/h9,11H,2-8H2,1H3,(H,12,13). The molecule has 0 unspecified atom stereocenters. The molecule has 1 aliphatic rings. The topological polar surface area (TPSA) is 50.4 Å². The van der Waals surface area contributed by atoms with Gasteiger partial charge in [-0.3, -0.25) is 4.79 Å². The number of rotatable bonds is 8. The molecule has 0 radical (unpaired) electrons. The Hall–Kier alpha value is -0.610. The Morgan fingerprint density at radius 2 is 2.21 bits per heavy atom. The first-order valence-corrected chi connectivity index (χ1v) is 5.40. The summed E-state index contributed by atoms with van der Waals surface area (Å²) < 4.78 is 4.97. The molecular weight excluding hydrogens is 180 g/mol. The van der Waals surface area contributed by atoms with Crippen molar-refractivity contribution in [2.75, 3.05) is 26.3 Å². The van der Waals surface area contributed by atoms with Crippen molar-refractivity contribution < 1.29 is 9.53 Å². The van der Waals surface area contributed by atoms with Crippen molar-refractivity contribution in [2.24, 2.45) is 0 Å². The van der Waals surface area contributed by atoms with Gasteiger partial charge in [0.25, 0.3) is 0 Å². The van der Waals surface area contributed by atoms with Crippen LogP contribution in [0, 0.1) is 0 Å². The minimum atomic E-state index is -0.0155. The Morgan fingerprint density at radius 1 is 1.43 bits per heavy atom. The molecule has 1 amide bonds. The van der Waals surface area contributed by atoms with Crippen molar-refractivity contribution in [1.82, 2.24) is 10.6 Å². The van der Waals surface area contributed by atoms with E-state index in [-0.39, 0.29) is 12.5 Å². The molecule has 1 rings (SSSR count). The Morgan fingerprint density at radius 3 is 2.86 bits per heavy atom. The highest BCUT2D eigenvalue weighted by Crippen LogP contribution is 2.18. The second-order valence-electron chi connectivity index (χ2n) is 3.57. The molecule has 1 fully saturated rings. The zero-order valence-corrected chi connectivity index (χ0v) is 8.84. The molecule has 0 aromatic rings. The number of amides is 1. The molecule has 1 saturated carbocycles. The van der Waals surface area contributed by atoms with Crippen LogP contribution in [0.2, 0.25) is 0 Å². The monoisotopic (exact) mass is 200 g/mol. The van der Waals surface area contributed by atoms with Gasteiger partial charge in [-0.15, -0.1) is 0 Å². The van der Waals surface area contributed by atoms with Gasteiger partial charge in [0.15, 0.2) is 0 Å². The van der Waals surface area contributed by atoms with Crippen LogP contribution >= 0.6 is 0 Å². The molecule has 1 aliphatic carbocycles. The van der Waals surface area contributed by atoms with Gasteiger partial charge >= 0.3 is 0 Å². The zero-order chi connectivity index (χ0) is 10.2. The van der Waals surface area contributed by atoms with Crippen LogP contribution in [-0.4, -0.2) is 38.3 Å². The van der Waals surface area contributed by atoms with E-state index in [9.17, 15) is 4.79 Å². The van der Waals surface area contributed by atoms with Gasteiger partial charge in [0.1, 0.15) is 6.61 Å². The SMILES string of the molecule is CCOCC(=O)NCCCNC1CC1. The third-order valence-electron chi connectivity index (χ3n) is 2.12. The van der Waals surface area contributed by atoms with Crippen molar-refractivity contribution in [2.45, 2.75) is 32.2 Å². The summed E-state index contributed by atoms with van der Waals surface area (Å²) in [4.78, 5) is 11.1. The van der Waals surface area contributed by atoms with E-state index in [0.717, 1.165) is 25.6 Å². The van der Waals surface area contributed by atoms with Crippen LogP contribution in [0.3, 0.4) is 0 Å². The van der Waals surface area contributed by atoms with Crippen molar-refractivity contribution in [1.29, 1.82) is 0 Å². The van der Waals surface area contributed by atoms with Crippen LogP contribution in [0.15, 0.2) is 0 Å². The minimum absolute atomic E-state index is 0.0155. The van der Waals surface area contributed by atoms with E-state index in [2.05, 4.69) is 10.6 Å². The maximum atomic E-state index is 11.1. The summed E-state index contributed by atoms with van der Waals surface area (Å²) in [5.74, 6) is -0.0155. The van der Waals surface area contributed by atoms with Crippen molar-refractivity contribution >= 4 is 5.91 Å². The van der Waals surface area contributed by atoms with Gasteiger partial charge < -0.3 is 15.4 Å². The quantitative estimate of drug-likeness (QED) is 0.553. The molecule has 14 heavy (non-hydrogen) atoms. The lowest BCUT2D eigenvalue weighted by molar-refractivity contribution is -0.125. The number of carbonyl (C=O) groups is 1. The molecule has 4 heteroatoms. The third-order valence-corrected chi connectivity index (χ3v) is 2.12. The second kappa shape index (κ2) is 6.79. The molecule has 2 N–H and O–H groups in total. The van der Waals surface area contributed by atoms with Crippen molar-refractivity contribution in [3.8, 4) is 0 Å². The highest BCUT2D eigenvalue weighted by Gasteiger charge is 2.19. The van der Waals surface area contributed by atoms with Gasteiger partial charge in [-0.1, -0.05) is 0 Å². The predicted molar refractivity (Wildman–Crippen MR) is 55.1 cm³/mol. The summed E-state index contributed by atoms with van der Waals surface area (Å²) in [7, 11) is 0. The van der Waals surface area contributed by atoms with Crippen molar-refractivity contribution in [3.05, 3.63) is 0 Å². The lowest BCUT2D eigenvalue weighted by Gasteiger charge is -2.05. The number of nitrogens with one attached hydrogen (secondary N) is 2. The second-order valence-corrected chi connectivity index (χ2v) is 3.57. The fourth-order valence-corrected chi connectivity index (χ4v) is 1.16. The number of ether oxygens (including phenoxy) is 1. The zero-order valence-electron chi connectivity index (χ0n) is 8.84. The van der Waals surface area contributed by atoms with Crippen LogP contribution in [0.4, 0.5) is 0 Å². The Bertz CT molecular complexity index is 170. The predicted octanol–water partition coefficient (Wildman–Crippen LogP) is 0.281. The van der Waals surface area contributed by atoms with Crippen LogP contribution in [0.25, 0.3) is 0 Å². The van der Waals surface area contributed by atoms with Crippen molar-refractivity contribution in [3.63, 3.8) is 0 Å². The van der Waals surface area contributed by atoms with E-state index in [1.165, 1.54) is 12.8 Å². The van der Waals surface area contributed by atoms with Gasteiger partial charge in [0, 0.05) is 19.2 Å². The number of hydrogen-bond donors (Lipinski definition) is 2. The number of carbonyl (C=O) groups excluding carboxylic acids is 1. The summed E-state index contributed by atoms with van der Waals surface area (Å²) in [5, 5.41) is 6.20. The first-order valence-electron chi connectivity index (χ1n) is 5.40. The van der Waals surface area contributed by atoms with E-state index in [1.807, 2.05) is 6.92 Å². The summed E-state index contributed by atoms with van der Waals surface area (Å²) in [6.07, 6.45) is 3.63. The van der Waals surface area contributed by atoms with Crippen LogP contribution in [0.5, 0.6) is 0 Å². The summed E-state index contributed by atoms with van der Waals surface area (Å²) in [5.41, 5.74) is 0. The van der Waals surface area contributed by atoms with Crippen LogP contribution in [-0.2, 0) is 9.53 Å². The largest absolute Gasteiger partial charge is 0.372 e. The molecular formula is C10H20N2O2. The molecule has 0 saturated heterocycles. The fourth-order valence-electron chi connectivity index (χ4n) is 1.16. The van der Waals surface area contributed by atoms with E-state index >= 15 is 0 Å². The first-order chi connectivity index (χ1) is 6.83. The molecule has 0 heterocycles. The maximum Gasteiger partial charge on any atom is 0.245 e. The molecule has 0 aromatic carbocycles. The first kappa shape index (κ1) is 11.5. The Kier molecular flexibility index (Phi) is 5.56. The summed E-state index contributed by atoms with van der Waals surface area (Å²) in [6.45, 7) is 4.40. The van der Waals surface area contributed by atoms with Crippen LogP contribution < -0.4 is 10.6 Å². The maximum absolute atomic E-state index is 11.1. The average Bonchev–Trinajstić information content (AvgIpc) is 2.98. The van der Waals surface area contributed by atoms with E-state index < -0.39 is 0 Å². The highest BCUT2D eigenvalue weighted by molar-refractivity contribution is 5.77. The van der Waals surface area contributed by atoms with E-state index in [4.69, 9.17) is 4.74 Å². The normalized spacial score (nSPS) is 15.5. The van der Waals surface area contributed by atoms with E-state index in [0.29, 0.717) is 6.61 Å². The lowest BCUT2D eigenvalue weighted by Crippen LogP contribution is -2.30. The lowest BCUT2D eigenvalue weighted by atomic mass is 10.4. The van der Waals surface area contributed by atoms with E-state index in [1.54, 1.807) is 0 Å². The summed E-state index contributed by atoms with van der Waals surface area (Å²) in [6, 6.07) is 0.758. The Balaban J connectivity index is 1.79. The van der Waals surface area contributed by atoms with Gasteiger partial charge in [0.2, 0.25) is 5.91 Å². The third kappa shape index (κ3) is 5.94. The Labute approximate surface area is 85.4 Å². The smallest absolute Gasteiger partial charge is 0.245 e. The minimum Gasteiger partial charge on any atom is -0.372 e. The molecule has 0 aliphatic heterocycles. The van der Waals surface area contributed by atoms with Gasteiger partial charge in [-0.2, -0.15) is 0 Å². The van der Waals surface area contributed by atoms with Gasteiger partial charge in [-0.05, 0) is 32.7 Å². The molecule has 0 bridgehead atoms. The highest BCUT2D eigenvalue weighted by atomic mass is 16.5. The molecule has 0 atom stereocenters. The number of hydrogen-bond acceptors (Lipinski definition) is 3. The molecule has 0 aromatic heterocycles.